The molecule has 1 aromatic carbocycles. The van der Waals surface area contributed by atoms with Crippen LogP contribution in [-0.2, 0) is 0 Å². The van der Waals surface area contributed by atoms with Crippen LogP contribution in [0.25, 0.3) is 0 Å². The second-order valence-electron chi connectivity index (χ2n) is 4.57. The number of hydrogen-bond acceptors (Lipinski definition) is 3. The molecule has 2 rings (SSSR count). The van der Waals surface area contributed by atoms with Crippen LogP contribution in [0.3, 0.4) is 0 Å². The number of pyridine rings is 1. The van der Waals surface area contributed by atoms with Crippen LogP contribution in [0.5, 0.6) is 5.75 Å². The summed E-state index contributed by atoms with van der Waals surface area (Å²) in [5, 5.41) is 0. The minimum Gasteiger partial charge on any atom is -0.481 e. The first-order valence-electron chi connectivity index (χ1n) is 6.17. The largest absolute Gasteiger partial charge is 0.481 e. The number of hydrogen-bond donors (Lipinski definition) is 1. The third-order valence-corrected chi connectivity index (χ3v) is 2.92. The lowest BCUT2D eigenvalue weighted by Crippen LogP contribution is -2.29. The van der Waals surface area contributed by atoms with Crippen molar-refractivity contribution in [3.63, 3.8) is 0 Å². The van der Waals surface area contributed by atoms with E-state index in [0.717, 1.165) is 5.56 Å². The maximum absolute atomic E-state index is 14.0. The van der Waals surface area contributed by atoms with Crippen molar-refractivity contribution in [2.24, 2.45) is 5.73 Å². The molecule has 0 fully saturated rings. The lowest BCUT2D eigenvalue weighted by atomic mass is 10.1. The van der Waals surface area contributed by atoms with Crippen molar-refractivity contribution in [2.75, 3.05) is 0 Å². The predicted molar refractivity (Wildman–Crippen MR) is 72.4 cm³/mol. The van der Waals surface area contributed by atoms with Gasteiger partial charge in [-0.2, -0.15) is 0 Å². The molecule has 0 radical (unpaired) electrons. The van der Waals surface area contributed by atoms with E-state index in [1.54, 1.807) is 37.5 Å². The molecule has 2 unspecified atom stereocenters. The van der Waals surface area contributed by atoms with E-state index in [9.17, 15) is 4.39 Å². The van der Waals surface area contributed by atoms with Crippen LogP contribution in [0.1, 0.15) is 24.2 Å². The second-order valence-corrected chi connectivity index (χ2v) is 4.57. The maximum atomic E-state index is 14.0. The molecule has 0 aliphatic heterocycles. The van der Waals surface area contributed by atoms with Gasteiger partial charge in [-0.05, 0) is 43.2 Å². The van der Waals surface area contributed by atoms with Gasteiger partial charge in [0.1, 0.15) is 6.10 Å². The summed E-state index contributed by atoms with van der Waals surface area (Å²) < 4.78 is 19.7. The van der Waals surface area contributed by atoms with E-state index in [1.165, 1.54) is 0 Å². The first-order chi connectivity index (χ1) is 9.09. The van der Waals surface area contributed by atoms with Gasteiger partial charge in [0, 0.05) is 18.4 Å². The van der Waals surface area contributed by atoms with E-state index in [4.69, 9.17) is 10.5 Å². The number of nitrogens with two attached hydrogens (primary N) is 1. The molecule has 4 heteroatoms. The highest BCUT2D eigenvalue weighted by Crippen LogP contribution is 2.27. The Morgan fingerprint density at radius 3 is 2.53 bits per heavy atom. The summed E-state index contributed by atoms with van der Waals surface area (Å²) in [5.41, 5.74) is 7.37. The third kappa shape index (κ3) is 3.09. The van der Waals surface area contributed by atoms with Crippen LogP contribution >= 0.6 is 0 Å². The molecule has 2 aromatic rings. The van der Waals surface area contributed by atoms with Gasteiger partial charge in [-0.3, -0.25) is 4.98 Å². The van der Waals surface area contributed by atoms with E-state index in [2.05, 4.69) is 4.98 Å². The van der Waals surface area contributed by atoms with Crippen molar-refractivity contribution >= 4 is 0 Å². The minimum absolute atomic E-state index is 0.221. The number of nitrogens with zero attached hydrogens (tertiary/aromatic N) is 1. The van der Waals surface area contributed by atoms with Gasteiger partial charge in [0.2, 0.25) is 0 Å². The first kappa shape index (κ1) is 13.5. The Kier molecular flexibility index (Phi) is 4.12. The molecule has 19 heavy (non-hydrogen) atoms. The van der Waals surface area contributed by atoms with Gasteiger partial charge in [-0.25, -0.2) is 4.39 Å². The summed E-state index contributed by atoms with van der Waals surface area (Å²) in [6.45, 7) is 3.54. The molecule has 100 valence electrons. The monoisotopic (exact) mass is 260 g/mol. The van der Waals surface area contributed by atoms with Gasteiger partial charge in [0.05, 0.1) is 0 Å². The first-order valence-corrected chi connectivity index (χ1v) is 6.17. The molecule has 0 aliphatic carbocycles. The lowest BCUT2D eigenvalue weighted by molar-refractivity contribution is 0.172. The highest BCUT2D eigenvalue weighted by molar-refractivity contribution is 5.31. The molecule has 1 heterocycles. The molecule has 2 N–H and O–H groups in total. The van der Waals surface area contributed by atoms with Crippen LogP contribution in [0.4, 0.5) is 4.39 Å². The number of aromatic nitrogens is 1. The topological polar surface area (TPSA) is 48.1 Å². The summed E-state index contributed by atoms with van der Waals surface area (Å²) in [7, 11) is 0. The van der Waals surface area contributed by atoms with Gasteiger partial charge >= 0.3 is 0 Å². The van der Waals surface area contributed by atoms with Crippen LogP contribution in [0.2, 0.25) is 0 Å². The number of rotatable bonds is 4. The van der Waals surface area contributed by atoms with Crippen molar-refractivity contribution in [1.29, 1.82) is 0 Å². The fraction of sp³-hybridized carbons (Fsp3) is 0.267. The molecule has 0 bridgehead atoms. The van der Waals surface area contributed by atoms with Crippen molar-refractivity contribution in [1.82, 2.24) is 4.98 Å². The summed E-state index contributed by atoms with van der Waals surface area (Å²) in [6, 6.07) is 8.46. The molecule has 0 amide bonds. The van der Waals surface area contributed by atoms with Gasteiger partial charge < -0.3 is 10.5 Å². The van der Waals surface area contributed by atoms with Gasteiger partial charge in [-0.15, -0.1) is 0 Å². The SMILES string of the molecule is Cc1cccc(OC(c2ccncc2)C(C)N)c1F. The zero-order chi connectivity index (χ0) is 13.8. The smallest absolute Gasteiger partial charge is 0.167 e. The Morgan fingerprint density at radius 1 is 1.21 bits per heavy atom. The Bertz CT molecular complexity index is 543. The number of ether oxygens (including phenoxy) is 1. The lowest BCUT2D eigenvalue weighted by Gasteiger charge is -2.23. The molecule has 0 saturated carbocycles. The normalized spacial score (nSPS) is 13.9. The van der Waals surface area contributed by atoms with Gasteiger partial charge in [-0.1, -0.05) is 12.1 Å². The van der Waals surface area contributed by atoms with Gasteiger partial charge in [0.25, 0.3) is 0 Å². The molecule has 0 spiro atoms. The second kappa shape index (κ2) is 5.80. The summed E-state index contributed by atoms with van der Waals surface area (Å²) >= 11 is 0. The highest BCUT2D eigenvalue weighted by Gasteiger charge is 2.20. The van der Waals surface area contributed by atoms with Crippen molar-refractivity contribution in [2.45, 2.75) is 26.0 Å². The molecule has 0 aliphatic rings. The highest BCUT2D eigenvalue weighted by atomic mass is 19.1. The summed E-state index contributed by atoms with van der Waals surface area (Å²) in [6.07, 6.45) is 2.93. The van der Waals surface area contributed by atoms with Crippen LogP contribution in [0, 0.1) is 12.7 Å². The van der Waals surface area contributed by atoms with E-state index >= 15 is 0 Å². The summed E-state index contributed by atoms with van der Waals surface area (Å²) in [4.78, 5) is 3.96. The molecule has 1 aromatic heterocycles. The Balaban J connectivity index is 2.30. The van der Waals surface area contributed by atoms with Crippen molar-refractivity contribution in [3.05, 3.63) is 59.7 Å². The quantitative estimate of drug-likeness (QED) is 0.919. The molecule has 3 nitrogen and oxygen atoms in total. The van der Waals surface area contributed by atoms with E-state index in [-0.39, 0.29) is 17.6 Å². The molecule has 2 atom stereocenters. The van der Waals surface area contributed by atoms with Crippen molar-refractivity contribution in [3.8, 4) is 5.75 Å². The maximum Gasteiger partial charge on any atom is 0.167 e. The standard InChI is InChI=1S/C15H17FN2O/c1-10-4-3-5-13(14(10)16)19-15(11(2)17)12-6-8-18-9-7-12/h3-9,11,15H,17H2,1-2H3. The van der Waals surface area contributed by atoms with Crippen molar-refractivity contribution < 1.29 is 9.13 Å². The number of halogens is 1. The zero-order valence-corrected chi connectivity index (χ0v) is 11.0. The zero-order valence-electron chi connectivity index (χ0n) is 11.0. The Hall–Kier alpha value is -1.94. The number of benzene rings is 1. The molecular weight excluding hydrogens is 243 g/mol. The minimum atomic E-state index is -0.403. The number of aryl methyl sites for hydroxylation is 1. The van der Waals surface area contributed by atoms with Crippen LogP contribution in [0.15, 0.2) is 42.7 Å². The average Bonchev–Trinajstić information content (AvgIpc) is 2.41. The fourth-order valence-corrected chi connectivity index (χ4v) is 1.88. The molecule has 0 saturated heterocycles. The van der Waals surface area contributed by atoms with Crippen LogP contribution < -0.4 is 10.5 Å². The average molecular weight is 260 g/mol. The van der Waals surface area contributed by atoms with E-state index < -0.39 is 6.10 Å². The third-order valence-electron chi connectivity index (χ3n) is 2.92. The Labute approximate surface area is 112 Å². The summed E-state index contributed by atoms with van der Waals surface area (Å²) in [5.74, 6) is -0.124. The van der Waals surface area contributed by atoms with E-state index in [0.29, 0.717) is 5.56 Å². The van der Waals surface area contributed by atoms with Crippen LogP contribution in [-0.4, -0.2) is 11.0 Å². The predicted octanol–water partition coefficient (Wildman–Crippen LogP) is 3.00. The fourth-order valence-electron chi connectivity index (χ4n) is 1.88. The molecular formula is C15H17FN2O. The Morgan fingerprint density at radius 2 is 1.89 bits per heavy atom. The van der Waals surface area contributed by atoms with Gasteiger partial charge in [0.15, 0.2) is 11.6 Å². The van der Waals surface area contributed by atoms with E-state index in [1.807, 2.05) is 19.1 Å².